The molecule has 0 fully saturated rings. The number of rotatable bonds is 6. The molecule has 5 heteroatoms. The number of nitrogens with two attached hydrogens (primary N) is 1. The van der Waals surface area contributed by atoms with Gasteiger partial charge < -0.3 is 15.8 Å². The fraction of sp³-hybridized carbons (Fsp3) is 0.385. The van der Waals surface area contributed by atoms with Gasteiger partial charge in [-0.1, -0.05) is 31.3 Å². The van der Waals surface area contributed by atoms with Gasteiger partial charge in [0.05, 0.1) is 0 Å². The molecule has 0 bridgehead atoms. The molecule has 1 amide bonds. The molecule has 4 nitrogen and oxygen atoms in total. The van der Waals surface area contributed by atoms with Crippen LogP contribution in [0.1, 0.15) is 25.8 Å². The number of hydrogen-bond donors (Lipinski definition) is 2. The van der Waals surface area contributed by atoms with Crippen LogP contribution in [0.25, 0.3) is 0 Å². The van der Waals surface area contributed by atoms with Gasteiger partial charge in [-0.25, -0.2) is 0 Å². The van der Waals surface area contributed by atoms with Gasteiger partial charge in [0.15, 0.2) is 6.61 Å². The summed E-state index contributed by atoms with van der Waals surface area (Å²) >= 11 is 4.87. The molecule has 0 saturated heterocycles. The van der Waals surface area contributed by atoms with E-state index in [2.05, 4.69) is 5.32 Å². The Morgan fingerprint density at radius 1 is 1.56 bits per heavy atom. The molecule has 3 N–H and O–H groups in total. The lowest BCUT2D eigenvalue weighted by Crippen LogP contribution is -2.35. The van der Waals surface area contributed by atoms with Gasteiger partial charge in [0.2, 0.25) is 0 Å². The maximum absolute atomic E-state index is 11.5. The van der Waals surface area contributed by atoms with Crippen LogP contribution in [0, 0.1) is 0 Å². The van der Waals surface area contributed by atoms with Crippen molar-refractivity contribution in [3.63, 3.8) is 0 Å². The zero-order valence-electron chi connectivity index (χ0n) is 10.6. The molecular formula is C13H18N2O2S. The van der Waals surface area contributed by atoms with Crippen LogP contribution >= 0.6 is 12.2 Å². The van der Waals surface area contributed by atoms with Crippen molar-refractivity contribution in [1.29, 1.82) is 0 Å². The van der Waals surface area contributed by atoms with Crippen molar-refractivity contribution in [2.45, 2.75) is 26.3 Å². The number of benzene rings is 1. The van der Waals surface area contributed by atoms with Gasteiger partial charge >= 0.3 is 0 Å². The molecule has 1 aromatic rings. The van der Waals surface area contributed by atoms with Crippen LogP contribution in [-0.4, -0.2) is 23.5 Å². The predicted molar refractivity (Wildman–Crippen MR) is 75.7 cm³/mol. The summed E-state index contributed by atoms with van der Waals surface area (Å²) in [7, 11) is 0. The first-order valence-electron chi connectivity index (χ1n) is 5.85. The Morgan fingerprint density at radius 2 is 2.28 bits per heavy atom. The molecule has 0 aliphatic carbocycles. The van der Waals surface area contributed by atoms with Gasteiger partial charge in [0.1, 0.15) is 10.7 Å². The number of ether oxygens (including phenoxy) is 1. The number of thiocarbonyl (C=S) groups is 1. The summed E-state index contributed by atoms with van der Waals surface area (Å²) in [5.41, 5.74) is 6.25. The second-order valence-electron chi connectivity index (χ2n) is 4.06. The first kappa shape index (κ1) is 14.4. The van der Waals surface area contributed by atoms with E-state index in [1.165, 1.54) is 0 Å². The molecule has 0 aromatic heterocycles. The third kappa shape index (κ3) is 4.71. The highest BCUT2D eigenvalue weighted by molar-refractivity contribution is 7.80. The average molecular weight is 266 g/mol. The van der Waals surface area contributed by atoms with Gasteiger partial charge in [-0.2, -0.15) is 0 Å². The molecule has 0 aliphatic rings. The van der Waals surface area contributed by atoms with Crippen molar-refractivity contribution in [2.75, 3.05) is 6.61 Å². The zero-order chi connectivity index (χ0) is 13.5. The summed E-state index contributed by atoms with van der Waals surface area (Å²) in [6.07, 6.45) is 0.892. The fourth-order valence-corrected chi connectivity index (χ4v) is 1.43. The Balaban J connectivity index is 2.50. The second-order valence-corrected chi connectivity index (χ2v) is 4.50. The molecule has 18 heavy (non-hydrogen) atoms. The minimum Gasteiger partial charge on any atom is -0.484 e. The number of hydrogen-bond acceptors (Lipinski definition) is 3. The van der Waals surface area contributed by atoms with Crippen LogP contribution < -0.4 is 15.8 Å². The highest BCUT2D eigenvalue weighted by atomic mass is 32.1. The Morgan fingerprint density at radius 3 is 2.89 bits per heavy atom. The largest absolute Gasteiger partial charge is 0.484 e. The van der Waals surface area contributed by atoms with Gasteiger partial charge in [-0.3, -0.25) is 4.79 Å². The molecule has 0 saturated carbocycles. The highest BCUT2D eigenvalue weighted by Crippen LogP contribution is 2.13. The van der Waals surface area contributed by atoms with Crippen LogP contribution in [0.3, 0.4) is 0 Å². The molecule has 0 radical (unpaired) electrons. The molecule has 1 rings (SSSR count). The van der Waals surface area contributed by atoms with Crippen LogP contribution in [-0.2, 0) is 4.79 Å². The minimum atomic E-state index is -0.134. The summed E-state index contributed by atoms with van der Waals surface area (Å²) in [5, 5.41) is 2.82. The van der Waals surface area contributed by atoms with Crippen molar-refractivity contribution in [3.05, 3.63) is 29.8 Å². The topological polar surface area (TPSA) is 64.3 Å². The number of amides is 1. The Kier molecular flexibility index (Phi) is 5.58. The average Bonchev–Trinajstić information content (AvgIpc) is 2.36. The van der Waals surface area contributed by atoms with E-state index >= 15 is 0 Å². The Labute approximate surface area is 113 Å². The second kappa shape index (κ2) is 6.96. The number of carbonyl (C=O) groups is 1. The Hall–Kier alpha value is -1.62. The van der Waals surface area contributed by atoms with Crippen LogP contribution in [0.4, 0.5) is 0 Å². The lowest BCUT2D eigenvalue weighted by atomic mass is 10.2. The van der Waals surface area contributed by atoms with E-state index in [-0.39, 0.29) is 18.6 Å². The minimum absolute atomic E-state index is 0.00880. The fourth-order valence-electron chi connectivity index (χ4n) is 1.31. The van der Waals surface area contributed by atoms with Crippen LogP contribution in [0.5, 0.6) is 5.75 Å². The van der Waals surface area contributed by atoms with E-state index < -0.39 is 0 Å². The lowest BCUT2D eigenvalue weighted by Gasteiger charge is -2.12. The molecule has 0 heterocycles. The highest BCUT2D eigenvalue weighted by Gasteiger charge is 2.06. The number of carbonyl (C=O) groups excluding carboxylic acids is 1. The Bertz CT molecular complexity index is 435. The first-order valence-corrected chi connectivity index (χ1v) is 6.25. The quantitative estimate of drug-likeness (QED) is 0.768. The maximum Gasteiger partial charge on any atom is 0.258 e. The van der Waals surface area contributed by atoms with E-state index in [1.54, 1.807) is 24.3 Å². The van der Waals surface area contributed by atoms with Crippen molar-refractivity contribution in [1.82, 2.24) is 5.32 Å². The van der Waals surface area contributed by atoms with Gasteiger partial charge in [-0.05, 0) is 25.5 Å². The van der Waals surface area contributed by atoms with Gasteiger partial charge in [0.25, 0.3) is 5.91 Å². The molecule has 1 aromatic carbocycles. The normalized spacial score (nSPS) is 11.7. The van der Waals surface area contributed by atoms with Crippen LogP contribution in [0.2, 0.25) is 0 Å². The zero-order valence-corrected chi connectivity index (χ0v) is 11.4. The van der Waals surface area contributed by atoms with Gasteiger partial charge in [-0.15, -0.1) is 0 Å². The van der Waals surface area contributed by atoms with Crippen LogP contribution in [0.15, 0.2) is 24.3 Å². The van der Waals surface area contributed by atoms with Crippen molar-refractivity contribution >= 4 is 23.1 Å². The molecule has 0 spiro atoms. The smallest absolute Gasteiger partial charge is 0.258 e. The van der Waals surface area contributed by atoms with E-state index in [0.717, 1.165) is 12.0 Å². The summed E-state index contributed by atoms with van der Waals surface area (Å²) in [5.74, 6) is 0.449. The van der Waals surface area contributed by atoms with Gasteiger partial charge in [0, 0.05) is 11.6 Å². The molecule has 0 aliphatic heterocycles. The standard InChI is InChI=1S/C13H18N2O2S/c1-3-9(2)15-12(16)8-17-11-6-4-5-10(7-11)13(14)18/h4-7,9H,3,8H2,1-2H3,(H2,14,18)(H,15,16). The van der Waals surface area contributed by atoms with E-state index in [1.807, 2.05) is 13.8 Å². The summed E-state index contributed by atoms with van der Waals surface area (Å²) in [6.45, 7) is 3.95. The monoisotopic (exact) mass is 266 g/mol. The van der Waals surface area contributed by atoms with E-state index in [0.29, 0.717) is 10.7 Å². The third-order valence-corrected chi connectivity index (χ3v) is 2.74. The van der Waals surface area contributed by atoms with E-state index in [4.69, 9.17) is 22.7 Å². The van der Waals surface area contributed by atoms with Crippen molar-refractivity contribution in [2.24, 2.45) is 5.73 Å². The summed E-state index contributed by atoms with van der Waals surface area (Å²) in [6, 6.07) is 7.23. The molecule has 98 valence electrons. The maximum atomic E-state index is 11.5. The lowest BCUT2D eigenvalue weighted by molar-refractivity contribution is -0.123. The van der Waals surface area contributed by atoms with E-state index in [9.17, 15) is 4.79 Å². The molecule has 1 atom stereocenters. The summed E-state index contributed by atoms with van der Waals surface area (Å²) in [4.78, 5) is 11.8. The molecule has 1 unspecified atom stereocenters. The third-order valence-electron chi connectivity index (χ3n) is 2.51. The number of nitrogens with one attached hydrogen (secondary N) is 1. The van der Waals surface area contributed by atoms with Crippen molar-refractivity contribution in [3.8, 4) is 5.75 Å². The van der Waals surface area contributed by atoms with Crippen molar-refractivity contribution < 1.29 is 9.53 Å². The SMILES string of the molecule is CCC(C)NC(=O)COc1cccc(C(N)=S)c1. The molecular weight excluding hydrogens is 248 g/mol. The predicted octanol–water partition coefficient (Wildman–Crippen LogP) is 1.61. The first-order chi connectivity index (χ1) is 8.52. The summed E-state index contributed by atoms with van der Waals surface area (Å²) < 4.78 is 5.38.